The van der Waals surface area contributed by atoms with E-state index in [-0.39, 0.29) is 5.91 Å². The molecule has 0 aliphatic rings. The van der Waals surface area contributed by atoms with E-state index < -0.39 is 0 Å². The number of unbranched alkanes of at least 4 members (excludes halogenated alkanes) is 1. The molecule has 19 heavy (non-hydrogen) atoms. The Morgan fingerprint density at radius 2 is 2.32 bits per heavy atom. The van der Waals surface area contributed by atoms with Gasteiger partial charge in [-0.25, -0.2) is 0 Å². The lowest BCUT2D eigenvalue weighted by Gasteiger charge is -2.09. The van der Waals surface area contributed by atoms with E-state index in [2.05, 4.69) is 25.9 Å². The van der Waals surface area contributed by atoms with Gasteiger partial charge in [-0.3, -0.25) is 4.79 Å². The van der Waals surface area contributed by atoms with Crippen molar-refractivity contribution in [2.75, 3.05) is 5.32 Å². The second kappa shape index (κ2) is 6.29. The molecule has 100 valence electrons. The van der Waals surface area contributed by atoms with Crippen molar-refractivity contribution in [2.45, 2.75) is 26.2 Å². The van der Waals surface area contributed by atoms with E-state index >= 15 is 0 Å². The topological polar surface area (TPSA) is 83.6 Å². The van der Waals surface area contributed by atoms with E-state index in [1.54, 1.807) is 18.2 Å². The van der Waals surface area contributed by atoms with Gasteiger partial charge in [0, 0.05) is 17.0 Å². The maximum Gasteiger partial charge on any atom is 0.224 e. The van der Waals surface area contributed by atoms with Crippen LogP contribution in [-0.2, 0) is 4.79 Å². The highest BCUT2D eigenvalue weighted by Gasteiger charge is 2.12. The zero-order valence-corrected chi connectivity index (χ0v) is 11.2. The molecule has 0 atom stereocenters. The summed E-state index contributed by atoms with van der Waals surface area (Å²) in [5, 5.41) is 17.1. The predicted molar refractivity (Wildman–Crippen MR) is 72.8 cm³/mol. The number of H-pyrrole nitrogens is 1. The van der Waals surface area contributed by atoms with Crippen molar-refractivity contribution in [1.82, 2.24) is 20.6 Å². The molecular formula is C12H14ClN5O. The zero-order chi connectivity index (χ0) is 13.7. The summed E-state index contributed by atoms with van der Waals surface area (Å²) in [6.07, 6.45) is 2.30. The minimum Gasteiger partial charge on any atom is -0.325 e. The summed E-state index contributed by atoms with van der Waals surface area (Å²) in [6.45, 7) is 2.04. The summed E-state index contributed by atoms with van der Waals surface area (Å²) < 4.78 is 0. The van der Waals surface area contributed by atoms with Crippen molar-refractivity contribution in [3.8, 4) is 11.4 Å². The molecule has 0 spiro atoms. The lowest BCUT2D eigenvalue weighted by molar-refractivity contribution is -0.116. The van der Waals surface area contributed by atoms with E-state index in [0.717, 1.165) is 12.8 Å². The summed E-state index contributed by atoms with van der Waals surface area (Å²) >= 11 is 5.95. The Kier molecular flexibility index (Phi) is 4.46. The van der Waals surface area contributed by atoms with Gasteiger partial charge in [0.25, 0.3) is 0 Å². The predicted octanol–water partition coefficient (Wildman–Crippen LogP) is 2.65. The number of aromatic amines is 1. The average Bonchev–Trinajstić information content (AvgIpc) is 2.90. The molecule has 0 bridgehead atoms. The highest BCUT2D eigenvalue weighted by atomic mass is 35.5. The van der Waals surface area contributed by atoms with E-state index in [9.17, 15) is 4.79 Å². The number of hydrogen-bond donors (Lipinski definition) is 2. The third-order valence-electron chi connectivity index (χ3n) is 2.60. The molecule has 1 aromatic carbocycles. The Morgan fingerprint density at radius 3 is 3.00 bits per heavy atom. The lowest BCUT2D eigenvalue weighted by Crippen LogP contribution is -2.12. The van der Waals surface area contributed by atoms with Gasteiger partial charge in [-0.1, -0.05) is 24.9 Å². The molecule has 1 aromatic heterocycles. The van der Waals surface area contributed by atoms with Gasteiger partial charge in [-0.15, -0.1) is 10.2 Å². The van der Waals surface area contributed by atoms with Crippen molar-refractivity contribution >= 4 is 23.2 Å². The van der Waals surface area contributed by atoms with Gasteiger partial charge in [-0.05, 0) is 29.8 Å². The number of nitrogens with one attached hydrogen (secondary N) is 2. The summed E-state index contributed by atoms with van der Waals surface area (Å²) in [5.41, 5.74) is 1.28. The number of rotatable bonds is 5. The molecule has 0 aliphatic carbocycles. The highest BCUT2D eigenvalue weighted by molar-refractivity contribution is 6.31. The van der Waals surface area contributed by atoms with Crippen molar-refractivity contribution in [2.24, 2.45) is 0 Å². The molecule has 1 amide bonds. The molecule has 0 saturated heterocycles. The Bertz CT molecular complexity index is 555. The van der Waals surface area contributed by atoms with Gasteiger partial charge in [0.05, 0.1) is 5.69 Å². The first kappa shape index (κ1) is 13.5. The second-order valence-corrected chi connectivity index (χ2v) is 4.51. The van der Waals surface area contributed by atoms with Crippen LogP contribution in [0.1, 0.15) is 26.2 Å². The molecule has 0 fully saturated rings. The Balaban J connectivity index is 2.23. The first-order valence-corrected chi connectivity index (χ1v) is 6.41. The van der Waals surface area contributed by atoms with Crippen LogP contribution in [0.25, 0.3) is 11.4 Å². The maximum absolute atomic E-state index is 11.8. The summed E-state index contributed by atoms with van der Waals surface area (Å²) in [5.74, 6) is 0.372. The van der Waals surface area contributed by atoms with Crippen LogP contribution in [0.3, 0.4) is 0 Å². The highest BCUT2D eigenvalue weighted by Crippen LogP contribution is 2.28. The molecule has 0 saturated carbocycles. The third-order valence-corrected chi connectivity index (χ3v) is 2.83. The first-order valence-electron chi connectivity index (χ1n) is 6.04. The average molecular weight is 280 g/mol. The number of hydrogen-bond acceptors (Lipinski definition) is 4. The van der Waals surface area contributed by atoms with Gasteiger partial charge < -0.3 is 5.32 Å². The van der Waals surface area contributed by atoms with E-state index in [0.29, 0.717) is 28.5 Å². The molecule has 1 heterocycles. The first-order chi connectivity index (χ1) is 9.20. The number of nitrogens with zero attached hydrogens (tertiary/aromatic N) is 3. The van der Waals surface area contributed by atoms with Crippen LogP contribution < -0.4 is 5.32 Å². The molecule has 6 nitrogen and oxygen atoms in total. The number of anilines is 1. The quantitative estimate of drug-likeness (QED) is 0.881. The van der Waals surface area contributed by atoms with Crippen LogP contribution in [-0.4, -0.2) is 26.5 Å². The van der Waals surface area contributed by atoms with Gasteiger partial charge in [0.1, 0.15) is 0 Å². The van der Waals surface area contributed by atoms with Crippen molar-refractivity contribution < 1.29 is 4.79 Å². The van der Waals surface area contributed by atoms with Gasteiger partial charge in [0.15, 0.2) is 0 Å². The standard InChI is InChI=1S/C12H14ClN5O/c1-2-3-4-11(19)14-10-7-8(13)5-6-9(10)12-15-17-18-16-12/h5-7H,2-4H2,1H3,(H,14,19)(H,15,16,17,18). The van der Waals surface area contributed by atoms with Crippen molar-refractivity contribution in [3.05, 3.63) is 23.2 Å². The van der Waals surface area contributed by atoms with E-state index in [1.165, 1.54) is 0 Å². The molecule has 2 N–H and O–H groups in total. The number of carbonyl (C=O) groups is 1. The van der Waals surface area contributed by atoms with Crippen LogP contribution in [0.5, 0.6) is 0 Å². The summed E-state index contributed by atoms with van der Waals surface area (Å²) in [4.78, 5) is 11.8. The molecule has 2 rings (SSSR count). The Morgan fingerprint density at radius 1 is 1.47 bits per heavy atom. The fraction of sp³-hybridized carbons (Fsp3) is 0.333. The van der Waals surface area contributed by atoms with Crippen LogP contribution >= 0.6 is 11.6 Å². The van der Waals surface area contributed by atoms with Gasteiger partial charge >= 0.3 is 0 Å². The number of benzene rings is 1. The lowest BCUT2D eigenvalue weighted by atomic mass is 10.1. The van der Waals surface area contributed by atoms with Crippen LogP contribution in [0.2, 0.25) is 5.02 Å². The normalized spacial score (nSPS) is 10.4. The zero-order valence-electron chi connectivity index (χ0n) is 10.5. The smallest absolute Gasteiger partial charge is 0.224 e. The minimum atomic E-state index is -0.0474. The SMILES string of the molecule is CCCCC(=O)Nc1cc(Cl)ccc1-c1nn[nH]n1. The fourth-order valence-corrected chi connectivity index (χ4v) is 1.81. The number of carbonyl (C=O) groups excluding carboxylic acids is 1. The second-order valence-electron chi connectivity index (χ2n) is 4.08. The van der Waals surface area contributed by atoms with Crippen LogP contribution in [0.15, 0.2) is 18.2 Å². The van der Waals surface area contributed by atoms with E-state index in [4.69, 9.17) is 11.6 Å². The maximum atomic E-state index is 11.8. The van der Waals surface area contributed by atoms with Crippen molar-refractivity contribution in [1.29, 1.82) is 0 Å². The molecule has 0 unspecified atom stereocenters. The van der Waals surface area contributed by atoms with Crippen LogP contribution in [0.4, 0.5) is 5.69 Å². The largest absolute Gasteiger partial charge is 0.325 e. The molecule has 7 heteroatoms. The third kappa shape index (κ3) is 3.51. The minimum absolute atomic E-state index is 0.0474. The monoisotopic (exact) mass is 279 g/mol. The van der Waals surface area contributed by atoms with Crippen molar-refractivity contribution in [3.63, 3.8) is 0 Å². The number of tetrazole rings is 1. The number of aromatic nitrogens is 4. The van der Waals surface area contributed by atoms with E-state index in [1.807, 2.05) is 6.92 Å². The Hall–Kier alpha value is -1.95. The Labute approximate surface area is 115 Å². The summed E-state index contributed by atoms with van der Waals surface area (Å²) in [7, 11) is 0. The number of halogens is 1. The molecule has 2 aromatic rings. The van der Waals surface area contributed by atoms with Crippen LogP contribution in [0, 0.1) is 0 Å². The van der Waals surface area contributed by atoms with Gasteiger partial charge in [-0.2, -0.15) is 5.21 Å². The number of amides is 1. The molecule has 0 aliphatic heterocycles. The molecular weight excluding hydrogens is 266 g/mol. The van der Waals surface area contributed by atoms with Gasteiger partial charge in [0.2, 0.25) is 11.7 Å². The fourth-order valence-electron chi connectivity index (χ4n) is 1.64. The summed E-state index contributed by atoms with van der Waals surface area (Å²) in [6, 6.07) is 5.15. The molecule has 0 radical (unpaired) electrons.